The molecule has 0 bridgehead atoms. The van der Waals surface area contributed by atoms with Crippen LogP contribution in [0, 0.1) is 0 Å². The average Bonchev–Trinajstić information content (AvgIpc) is 2.98. The molecule has 0 atom stereocenters. The molecule has 1 N–H and O–H groups in total. The van der Waals surface area contributed by atoms with E-state index in [0.717, 1.165) is 23.1 Å². The number of carbonyl (C=O) groups is 1. The van der Waals surface area contributed by atoms with Crippen molar-refractivity contribution in [3.8, 4) is 0 Å². The molecule has 7 nitrogen and oxygen atoms in total. The van der Waals surface area contributed by atoms with Gasteiger partial charge in [-0.15, -0.1) is 0 Å². The maximum atomic E-state index is 11.1. The van der Waals surface area contributed by atoms with Gasteiger partial charge in [-0.1, -0.05) is 17.9 Å². The highest BCUT2D eigenvalue weighted by Crippen LogP contribution is 2.33. The number of hydrogen-bond donors (Lipinski definition) is 1. The van der Waals surface area contributed by atoms with E-state index in [4.69, 9.17) is 5.11 Å². The van der Waals surface area contributed by atoms with Gasteiger partial charge >= 0.3 is 5.97 Å². The summed E-state index contributed by atoms with van der Waals surface area (Å²) in [6.45, 7) is 0. The maximum absolute atomic E-state index is 11.1. The number of aromatic carboxylic acids is 1. The molecule has 0 amide bonds. The first-order valence-corrected chi connectivity index (χ1v) is 5.58. The Kier molecular flexibility index (Phi) is 2.24. The van der Waals surface area contributed by atoms with Crippen LogP contribution < -0.4 is 0 Å². The Balaban J connectivity index is 2.16. The van der Waals surface area contributed by atoms with Gasteiger partial charge in [0.25, 0.3) is 5.78 Å². The lowest BCUT2D eigenvalue weighted by atomic mass is 10.0. The first kappa shape index (κ1) is 10.1. The van der Waals surface area contributed by atoms with Gasteiger partial charge in [0.05, 0.1) is 5.69 Å². The molecular weight excluding hydrogens is 222 g/mol. The lowest BCUT2D eigenvalue weighted by Gasteiger charge is -2.08. The normalized spacial score (nSPS) is 16.7. The Morgan fingerprint density at radius 1 is 1.41 bits per heavy atom. The molecule has 0 aliphatic heterocycles. The zero-order chi connectivity index (χ0) is 11.8. The molecule has 1 aliphatic carbocycles. The quantitative estimate of drug-likeness (QED) is 0.827. The van der Waals surface area contributed by atoms with Crippen LogP contribution in [0.1, 0.15) is 47.8 Å². The first-order valence-electron chi connectivity index (χ1n) is 5.58. The van der Waals surface area contributed by atoms with Crippen molar-refractivity contribution in [2.24, 2.45) is 0 Å². The number of carboxylic acids is 1. The summed E-state index contributed by atoms with van der Waals surface area (Å²) >= 11 is 0. The number of nitrogens with zero attached hydrogens (tertiary/aromatic N) is 5. The number of tetrazole rings is 1. The lowest BCUT2D eigenvalue weighted by Crippen LogP contribution is -2.10. The van der Waals surface area contributed by atoms with Gasteiger partial charge in [-0.05, 0) is 29.3 Å². The fraction of sp³-hybridized carbons (Fsp3) is 0.500. The third kappa shape index (κ3) is 1.63. The second kappa shape index (κ2) is 3.76. The standard InChI is InChI=1S/C10H11N5O2/c16-9(17)8-5-7(6-3-1-2-4-6)11-10-12-13-14-15(8)10/h5-6H,1-4H2,(H,16,17). The molecule has 2 heterocycles. The van der Waals surface area contributed by atoms with Gasteiger partial charge in [-0.3, -0.25) is 0 Å². The fourth-order valence-corrected chi connectivity index (χ4v) is 2.34. The first-order chi connectivity index (χ1) is 8.25. The third-order valence-electron chi connectivity index (χ3n) is 3.19. The Morgan fingerprint density at radius 3 is 2.88 bits per heavy atom. The second-order valence-corrected chi connectivity index (χ2v) is 4.24. The molecule has 7 heteroatoms. The molecule has 3 rings (SSSR count). The maximum Gasteiger partial charge on any atom is 0.354 e. The third-order valence-corrected chi connectivity index (χ3v) is 3.19. The number of hydrogen-bond acceptors (Lipinski definition) is 5. The summed E-state index contributed by atoms with van der Waals surface area (Å²) < 4.78 is 1.15. The van der Waals surface area contributed by atoms with E-state index in [0.29, 0.717) is 5.92 Å². The highest BCUT2D eigenvalue weighted by atomic mass is 16.4. The van der Waals surface area contributed by atoms with Crippen LogP contribution in [0.25, 0.3) is 5.78 Å². The SMILES string of the molecule is O=C(O)c1cc(C2CCCC2)nc2nnnn12. The number of fused-ring (bicyclic) bond motifs is 1. The van der Waals surface area contributed by atoms with Gasteiger partial charge in [0.15, 0.2) is 5.69 Å². The molecule has 0 saturated heterocycles. The molecule has 88 valence electrons. The molecule has 0 radical (unpaired) electrons. The van der Waals surface area contributed by atoms with E-state index in [9.17, 15) is 4.79 Å². The topological polar surface area (TPSA) is 93.3 Å². The minimum atomic E-state index is -1.04. The van der Waals surface area contributed by atoms with Crippen molar-refractivity contribution >= 4 is 11.7 Å². The average molecular weight is 233 g/mol. The van der Waals surface area contributed by atoms with Crippen molar-refractivity contribution in [3.05, 3.63) is 17.5 Å². The van der Waals surface area contributed by atoms with Crippen molar-refractivity contribution in [2.45, 2.75) is 31.6 Å². The molecule has 2 aromatic heterocycles. The van der Waals surface area contributed by atoms with Crippen LogP contribution >= 0.6 is 0 Å². The van der Waals surface area contributed by atoms with Gasteiger partial charge in [0.1, 0.15) is 0 Å². The predicted octanol–water partition coefficient (Wildman–Crippen LogP) is 0.875. The van der Waals surface area contributed by atoms with Crippen molar-refractivity contribution < 1.29 is 9.90 Å². The van der Waals surface area contributed by atoms with E-state index < -0.39 is 5.97 Å². The van der Waals surface area contributed by atoms with E-state index in [2.05, 4.69) is 20.5 Å². The van der Waals surface area contributed by atoms with E-state index in [1.807, 2.05) is 0 Å². The van der Waals surface area contributed by atoms with Gasteiger partial charge < -0.3 is 5.11 Å². The van der Waals surface area contributed by atoms with Gasteiger partial charge in [-0.25, -0.2) is 9.78 Å². The Labute approximate surface area is 96.5 Å². The largest absolute Gasteiger partial charge is 0.477 e. The van der Waals surface area contributed by atoms with Gasteiger partial charge in [0, 0.05) is 5.92 Å². The molecule has 17 heavy (non-hydrogen) atoms. The highest BCUT2D eigenvalue weighted by molar-refractivity contribution is 5.86. The minimum Gasteiger partial charge on any atom is -0.477 e. The summed E-state index contributed by atoms with van der Waals surface area (Å²) in [5.74, 6) is -0.439. The van der Waals surface area contributed by atoms with Crippen molar-refractivity contribution in [3.63, 3.8) is 0 Å². The minimum absolute atomic E-state index is 0.0712. The van der Waals surface area contributed by atoms with Crippen LogP contribution in [-0.4, -0.2) is 36.1 Å². The molecule has 1 saturated carbocycles. The molecule has 2 aromatic rings. The number of carboxylic acid groups (broad SMARTS) is 1. The zero-order valence-electron chi connectivity index (χ0n) is 9.07. The summed E-state index contributed by atoms with van der Waals surface area (Å²) in [5, 5.41) is 19.9. The Bertz CT molecular complexity index is 573. The highest BCUT2D eigenvalue weighted by Gasteiger charge is 2.22. The molecule has 1 fully saturated rings. The van der Waals surface area contributed by atoms with Crippen LogP contribution in [0.5, 0.6) is 0 Å². The second-order valence-electron chi connectivity index (χ2n) is 4.24. The van der Waals surface area contributed by atoms with E-state index in [-0.39, 0.29) is 11.5 Å². The van der Waals surface area contributed by atoms with E-state index in [1.165, 1.54) is 12.8 Å². The van der Waals surface area contributed by atoms with Crippen LogP contribution in [0.3, 0.4) is 0 Å². The van der Waals surface area contributed by atoms with Gasteiger partial charge in [-0.2, -0.15) is 4.52 Å². The zero-order valence-corrected chi connectivity index (χ0v) is 9.07. The van der Waals surface area contributed by atoms with Crippen molar-refractivity contribution in [1.82, 2.24) is 25.0 Å². The van der Waals surface area contributed by atoms with Crippen LogP contribution in [0.15, 0.2) is 6.07 Å². The summed E-state index contributed by atoms with van der Waals surface area (Å²) in [5.41, 5.74) is 0.865. The monoisotopic (exact) mass is 233 g/mol. The summed E-state index contributed by atoms with van der Waals surface area (Å²) in [6.07, 6.45) is 4.46. The smallest absolute Gasteiger partial charge is 0.354 e. The summed E-state index contributed by atoms with van der Waals surface area (Å²) in [7, 11) is 0. The molecule has 1 aliphatic rings. The van der Waals surface area contributed by atoms with Crippen molar-refractivity contribution in [2.75, 3.05) is 0 Å². The molecule has 0 aromatic carbocycles. The number of rotatable bonds is 2. The predicted molar refractivity (Wildman–Crippen MR) is 56.7 cm³/mol. The summed E-state index contributed by atoms with van der Waals surface area (Å²) in [4.78, 5) is 15.5. The van der Waals surface area contributed by atoms with Crippen LogP contribution in [0.2, 0.25) is 0 Å². The lowest BCUT2D eigenvalue weighted by molar-refractivity contribution is 0.0686. The van der Waals surface area contributed by atoms with Gasteiger partial charge in [0.2, 0.25) is 0 Å². The molecular formula is C10H11N5O2. The Hall–Kier alpha value is -2.05. The fourth-order valence-electron chi connectivity index (χ4n) is 2.34. The van der Waals surface area contributed by atoms with E-state index in [1.54, 1.807) is 6.07 Å². The molecule has 0 unspecified atom stereocenters. The van der Waals surface area contributed by atoms with Crippen LogP contribution in [0.4, 0.5) is 0 Å². The number of aromatic nitrogens is 5. The van der Waals surface area contributed by atoms with E-state index >= 15 is 0 Å². The Morgan fingerprint density at radius 2 is 2.18 bits per heavy atom. The summed E-state index contributed by atoms with van der Waals surface area (Å²) in [6, 6.07) is 1.58. The van der Waals surface area contributed by atoms with Crippen molar-refractivity contribution in [1.29, 1.82) is 0 Å². The van der Waals surface area contributed by atoms with Crippen LogP contribution in [-0.2, 0) is 0 Å². The molecule has 0 spiro atoms.